The van der Waals surface area contributed by atoms with Crippen LogP contribution in [0.1, 0.15) is 18.2 Å². The minimum Gasteiger partial charge on any atom is -0.348 e. The second-order valence-corrected chi connectivity index (χ2v) is 7.37. The van der Waals surface area contributed by atoms with Crippen molar-refractivity contribution in [3.05, 3.63) is 16.5 Å². The molecule has 0 spiro atoms. The van der Waals surface area contributed by atoms with Crippen molar-refractivity contribution in [2.75, 3.05) is 32.7 Å². The molecule has 6 nitrogen and oxygen atoms in total. The Morgan fingerprint density at radius 1 is 1.41 bits per heavy atom. The third-order valence-corrected chi connectivity index (χ3v) is 5.40. The van der Waals surface area contributed by atoms with E-state index in [2.05, 4.69) is 22.0 Å². The Morgan fingerprint density at radius 3 is 2.68 bits per heavy atom. The van der Waals surface area contributed by atoms with Crippen molar-refractivity contribution in [3.63, 3.8) is 0 Å². The van der Waals surface area contributed by atoms with E-state index in [1.165, 1.54) is 0 Å². The van der Waals surface area contributed by atoms with Gasteiger partial charge in [-0.2, -0.15) is 0 Å². The van der Waals surface area contributed by atoms with Gasteiger partial charge in [-0.3, -0.25) is 9.79 Å². The van der Waals surface area contributed by atoms with E-state index in [1.54, 1.807) is 6.92 Å². The van der Waals surface area contributed by atoms with E-state index in [4.69, 9.17) is 16.1 Å². The van der Waals surface area contributed by atoms with Crippen molar-refractivity contribution in [2.24, 2.45) is 4.99 Å². The van der Waals surface area contributed by atoms with Crippen LogP contribution in [0, 0.1) is 6.92 Å². The zero-order valence-corrected chi connectivity index (χ0v) is 14.3. The molecule has 0 N–H and O–H groups in total. The lowest BCUT2D eigenvalue weighted by atomic mass is 10.1. The molecule has 0 aliphatic carbocycles. The number of amidine groups is 1. The summed E-state index contributed by atoms with van der Waals surface area (Å²) in [5, 5.41) is 5.69. The van der Waals surface area contributed by atoms with Crippen molar-refractivity contribution in [1.29, 1.82) is 0 Å². The maximum Gasteiger partial charge on any atom is 0.229 e. The van der Waals surface area contributed by atoms with Gasteiger partial charge in [-0.1, -0.05) is 23.8 Å². The molecule has 1 fully saturated rings. The van der Waals surface area contributed by atoms with E-state index in [0.29, 0.717) is 16.5 Å². The van der Waals surface area contributed by atoms with Crippen LogP contribution < -0.4 is 0 Å². The number of aliphatic imine (C=N–C) groups is 1. The Labute approximate surface area is 138 Å². The average Bonchev–Trinajstić information content (AvgIpc) is 3.08. The minimum atomic E-state index is 0.0715. The van der Waals surface area contributed by atoms with Crippen LogP contribution in [0.15, 0.2) is 9.52 Å². The number of aryl methyl sites for hydroxylation is 1. The fourth-order valence-corrected chi connectivity index (χ4v) is 3.83. The molecule has 0 bridgehead atoms. The molecular formula is C14H19ClN4O2S. The first-order chi connectivity index (χ1) is 10.5. The third kappa shape index (κ3) is 3.25. The molecule has 0 radical (unpaired) electrons. The van der Waals surface area contributed by atoms with Crippen LogP contribution >= 0.6 is 23.4 Å². The highest BCUT2D eigenvalue weighted by Gasteiger charge is 2.27. The number of hydrogen-bond acceptors (Lipinski definition) is 6. The van der Waals surface area contributed by atoms with Gasteiger partial charge in [0.1, 0.15) is 0 Å². The van der Waals surface area contributed by atoms with Crippen LogP contribution in [0.4, 0.5) is 0 Å². The minimum absolute atomic E-state index is 0.0715. The quantitative estimate of drug-likeness (QED) is 0.820. The number of thioether (sulfide) groups is 1. The van der Waals surface area contributed by atoms with Crippen molar-refractivity contribution >= 4 is 34.4 Å². The molecule has 1 atom stereocenters. The molecule has 0 saturated carbocycles. The van der Waals surface area contributed by atoms with Crippen LogP contribution in [0.5, 0.6) is 0 Å². The summed E-state index contributed by atoms with van der Waals surface area (Å²) in [6.45, 7) is 7.98. The fraction of sp³-hybridized carbons (Fsp3) is 0.643. The third-order valence-electron chi connectivity index (χ3n) is 3.96. The van der Waals surface area contributed by atoms with Crippen molar-refractivity contribution in [1.82, 2.24) is 15.0 Å². The van der Waals surface area contributed by atoms with E-state index in [1.807, 2.05) is 16.7 Å². The number of halogens is 1. The molecule has 22 heavy (non-hydrogen) atoms. The van der Waals surface area contributed by atoms with Gasteiger partial charge in [-0.05, 0) is 18.5 Å². The average molecular weight is 343 g/mol. The Bertz CT molecular complexity index is 576. The highest BCUT2D eigenvalue weighted by atomic mass is 35.5. The lowest BCUT2D eigenvalue weighted by molar-refractivity contribution is -0.131. The van der Waals surface area contributed by atoms with Crippen LogP contribution in [-0.2, 0) is 11.2 Å². The molecule has 120 valence electrons. The number of piperazine rings is 1. The number of carbonyl (C=O) groups is 1. The monoisotopic (exact) mass is 342 g/mol. The molecule has 2 aliphatic heterocycles. The summed E-state index contributed by atoms with van der Waals surface area (Å²) in [4.78, 5) is 21.1. The van der Waals surface area contributed by atoms with E-state index in [-0.39, 0.29) is 17.5 Å². The topological polar surface area (TPSA) is 61.9 Å². The van der Waals surface area contributed by atoms with Gasteiger partial charge in [0, 0.05) is 37.0 Å². The first-order valence-corrected chi connectivity index (χ1v) is 8.65. The Balaban J connectivity index is 1.54. The summed E-state index contributed by atoms with van der Waals surface area (Å²) in [5.41, 5.74) is 1.38. The lowest BCUT2D eigenvalue weighted by Crippen LogP contribution is -2.50. The number of hydrogen-bond donors (Lipinski definition) is 0. The fourth-order valence-electron chi connectivity index (χ4n) is 2.60. The maximum absolute atomic E-state index is 12.4. The largest absolute Gasteiger partial charge is 0.348 e. The van der Waals surface area contributed by atoms with Gasteiger partial charge in [-0.25, -0.2) is 0 Å². The zero-order chi connectivity index (χ0) is 15.7. The van der Waals surface area contributed by atoms with E-state index in [0.717, 1.165) is 37.9 Å². The van der Waals surface area contributed by atoms with Gasteiger partial charge in [-0.15, -0.1) is 0 Å². The molecule has 1 saturated heterocycles. The summed E-state index contributed by atoms with van der Waals surface area (Å²) < 4.78 is 4.90. The standard InChI is InChI=1S/C14H19ClN4O2S/c1-9-8-16-14(22-9)19-5-3-18(4-6-19)12(20)7-11-10(2)17-21-13(11)15/h9H,3-8H2,1-2H3. The normalized spacial score (nSPS) is 22.1. The second-order valence-electron chi connectivity index (χ2n) is 5.62. The number of carbonyl (C=O) groups excluding carboxylic acids is 1. The summed E-state index contributed by atoms with van der Waals surface area (Å²) in [7, 11) is 0. The summed E-state index contributed by atoms with van der Waals surface area (Å²) in [6, 6.07) is 0. The van der Waals surface area contributed by atoms with Gasteiger partial charge < -0.3 is 14.3 Å². The summed E-state index contributed by atoms with van der Waals surface area (Å²) >= 11 is 7.75. The first kappa shape index (κ1) is 15.7. The zero-order valence-electron chi connectivity index (χ0n) is 12.7. The van der Waals surface area contributed by atoms with E-state index < -0.39 is 0 Å². The first-order valence-electron chi connectivity index (χ1n) is 7.39. The molecule has 1 unspecified atom stereocenters. The van der Waals surface area contributed by atoms with Crippen LogP contribution in [0.25, 0.3) is 0 Å². The predicted octanol–water partition coefficient (Wildman–Crippen LogP) is 1.81. The molecule has 3 rings (SSSR count). The Hall–Kier alpha value is -1.21. The number of amides is 1. The maximum atomic E-state index is 12.4. The second kappa shape index (κ2) is 6.50. The predicted molar refractivity (Wildman–Crippen MR) is 87.5 cm³/mol. The molecule has 0 aromatic carbocycles. The Kier molecular flexibility index (Phi) is 4.63. The van der Waals surface area contributed by atoms with E-state index in [9.17, 15) is 4.79 Å². The molecular weight excluding hydrogens is 324 g/mol. The molecule has 1 aromatic heterocycles. The smallest absolute Gasteiger partial charge is 0.229 e. The highest BCUT2D eigenvalue weighted by Crippen LogP contribution is 2.24. The SMILES string of the molecule is Cc1noc(Cl)c1CC(=O)N1CCN(C2=NCC(C)S2)CC1. The van der Waals surface area contributed by atoms with Gasteiger partial charge in [0.05, 0.1) is 18.7 Å². The van der Waals surface area contributed by atoms with Crippen LogP contribution in [-0.4, -0.2) is 64.0 Å². The molecule has 1 aromatic rings. The van der Waals surface area contributed by atoms with Crippen molar-refractivity contribution in [3.8, 4) is 0 Å². The van der Waals surface area contributed by atoms with Crippen molar-refractivity contribution in [2.45, 2.75) is 25.5 Å². The van der Waals surface area contributed by atoms with Gasteiger partial charge in [0.25, 0.3) is 0 Å². The molecule has 1 amide bonds. The lowest BCUT2D eigenvalue weighted by Gasteiger charge is -2.35. The van der Waals surface area contributed by atoms with Gasteiger partial charge >= 0.3 is 0 Å². The molecule has 3 heterocycles. The summed E-state index contributed by atoms with van der Waals surface area (Å²) in [6.07, 6.45) is 0.251. The number of nitrogens with zero attached hydrogens (tertiary/aromatic N) is 4. The molecule has 2 aliphatic rings. The van der Waals surface area contributed by atoms with Gasteiger partial charge in [0.2, 0.25) is 11.1 Å². The summed E-state index contributed by atoms with van der Waals surface area (Å²) in [5.74, 6) is 0.0715. The highest BCUT2D eigenvalue weighted by molar-refractivity contribution is 8.14. The van der Waals surface area contributed by atoms with Crippen LogP contribution in [0.2, 0.25) is 5.22 Å². The number of aromatic nitrogens is 1. The van der Waals surface area contributed by atoms with Gasteiger partial charge in [0.15, 0.2) is 5.17 Å². The van der Waals surface area contributed by atoms with E-state index >= 15 is 0 Å². The number of rotatable bonds is 2. The van der Waals surface area contributed by atoms with Crippen LogP contribution in [0.3, 0.4) is 0 Å². The Morgan fingerprint density at radius 2 is 2.14 bits per heavy atom. The molecule has 8 heteroatoms. The van der Waals surface area contributed by atoms with Crippen molar-refractivity contribution < 1.29 is 9.32 Å².